The van der Waals surface area contributed by atoms with E-state index in [1.807, 2.05) is 6.08 Å². The first kappa shape index (κ1) is 40.1. The van der Waals surface area contributed by atoms with Crippen molar-refractivity contribution >= 4 is 15.9 Å². The Morgan fingerprint density at radius 3 is 1.35 bits per heavy atom. The second-order valence-electron chi connectivity index (χ2n) is 12.4. The van der Waals surface area contributed by atoms with Crippen molar-refractivity contribution in [1.82, 2.24) is 5.32 Å². The van der Waals surface area contributed by atoms with Gasteiger partial charge in [0.05, 0.1) is 18.8 Å². The molecule has 0 bridgehead atoms. The lowest BCUT2D eigenvalue weighted by Crippen LogP contribution is -2.44. The Morgan fingerprint density at radius 1 is 0.575 bits per heavy atom. The standard InChI is InChI=1S/C36H72BrNO2/c1-3-5-7-9-11-13-15-17-19-20-22-24-26-28-30-34(37)32-38-35(33-39)36(40)31-29-27-25-23-21-18-16-14-12-10-8-6-4-2/h29,31,34-36,38-40H,3-28,30,32-33H2,1-2H3/b31-29+/t34?,35-,36+/m0/s1. The molecule has 0 aliphatic rings. The van der Waals surface area contributed by atoms with E-state index in [9.17, 15) is 10.2 Å². The van der Waals surface area contributed by atoms with Crippen molar-refractivity contribution in [3.05, 3.63) is 12.2 Å². The van der Waals surface area contributed by atoms with E-state index in [0.717, 1.165) is 19.4 Å². The van der Waals surface area contributed by atoms with Gasteiger partial charge in [-0.05, 0) is 19.3 Å². The van der Waals surface area contributed by atoms with E-state index in [1.165, 1.54) is 161 Å². The van der Waals surface area contributed by atoms with Gasteiger partial charge in [0.25, 0.3) is 0 Å². The molecule has 0 aliphatic heterocycles. The van der Waals surface area contributed by atoms with Crippen molar-refractivity contribution < 1.29 is 10.2 Å². The summed E-state index contributed by atoms with van der Waals surface area (Å²) in [6, 6.07) is -0.287. The van der Waals surface area contributed by atoms with Gasteiger partial charge in [-0.15, -0.1) is 0 Å². The van der Waals surface area contributed by atoms with Crippen LogP contribution >= 0.6 is 15.9 Å². The van der Waals surface area contributed by atoms with Crippen LogP contribution in [0.5, 0.6) is 0 Å². The number of halogens is 1. The van der Waals surface area contributed by atoms with E-state index in [4.69, 9.17) is 0 Å². The number of aliphatic hydroxyl groups excluding tert-OH is 2. The topological polar surface area (TPSA) is 52.5 Å². The summed E-state index contributed by atoms with van der Waals surface area (Å²) in [6.45, 7) is 5.31. The maximum atomic E-state index is 10.5. The van der Waals surface area contributed by atoms with Gasteiger partial charge in [-0.3, -0.25) is 0 Å². The van der Waals surface area contributed by atoms with Gasteiger partial charge >= 0.3 is 0 Å². The molecule has 0 saturated heterocycles. The molecule has 3 N–H and O–H groups in total. The minimum atomic E-state index is -0.626. The molecule has 0 aliphatic carbocycles. The van der Waals surface area contributed by atoms with Gasteiger partial charge in [-0.1, -0.05) is 196 Å². The average molecular weight is 631 g/mol. The van der Waals surface area contributed by atoms with Gasteiger partial charge in [0.2, 0.25) is 0 Å². The van der Waals surface area contributed by atoms with Crippen LogP contribution in [0.25, 0.3) is 0 Å². The Bertz CT molecular complexity index is 501. The molecule has 40 heavy (non-hydrogen) atoms. The molecule has 0 aromatic heterocycles. The van der Waals surface area contributed by atoms with E-state index in [2.05, 4.69) is 41.2 Å². The number of unbranched alkanes of at least 4 members (excludes halogenated alkanes) is 24. The Morgan fingerprint density at radius 2 is 0.950 bits per heavy atom. The minimum absolute atomic E-state index is 0.0392. The smallest absolute Gasteiger partial charge is 0.0896 e. The van der Waals surface area contributed by atoms with E-state index in [0.29, 0.717) is 4.83 Å². The third-order valence-corrected chi connectivity index (χ3v) is 9.17. The molecule has 240 valence electrons. The summed E-state index contributed by atoms with van der Waals surface area (Å²) in [6.07, 6.45) is 39.9. The lowest BCUT2D eigenvalue weighted by Gasteiger charge is -2.21. The maximum absolute atomic E-state index is 10.5. The zero-order valence-electron chi connectivity index (χ0n) is 27.2. The molecular formula is C36H72BrNO2. The number of rotatable bonds is 33. The summed E-state index contributed by atoms with van der Waals surface area (Å²) >= 11 is 3.80. The van der Waals surface area contributed by atoms with Crippen LogP contribution in [0.3, 0.4) is 0 Å². The largest absolute Gasteiger partial charge is 0.395 e. The summed E-state index contributed by atoms with van der Waals surface area (Å²) < 4.78 is 0. The maximum Gasteiger partial charge on any atom is 0.0896 e. The van der Waals surface area contributed by atoms with Crippen molar-refractivity contribution in [3.63, 3.8) is 0 Å². The number of nitrogens with one attached hydrogen (secondary N) is 1. The third kappa shape index (κ3) is 29.6. The molecule has 0 fully saturated rings. The van der Waals surface area contributed by atoms with Crippen LogP contribution in [-0.2, 0) is 0 Å². The molecule has 1 unspecified atom stereocenters. The Hall–Kier alpha value is 0.100. The molecule has 0 amide bonds. The van der Waals surface area contributed by atoms with Gasteiger partial charge in [0.1, 0.15) is 0 Å². The molecule has 0 rings (SSSR count). The average Bonchev–Trinajstić information content (AvgIpc) is 2.96. The monoisotopic (exact) mass is 629 g/mol. The molecule has 0 spiro atoms. The quantitative estimate of drug-likeness (QED) is 0.0384. The molecule has 0 aromatic rings. The number of hydrogen-bond donors (Lipinski definition) is 3. The predicted octanol–water partition coefficient (Wildman–Crippen LogP) is 11.2. The first-order valence-corrected chi connectivity index (χ1v) is 18.9. The Labute approximate surface area is 260 Å². The highest BCUT2D eigenvalue weighted by atomic mass is 79.9. The van der Waals surface area contributed by atoms with Crippen molar-refractivity contribution in [2.75, 3.05) is 13.2 Å². The molecule has 0 radical (unpaired) electrons. The second kappa shape index (κ2) is 33.6. The van der Waals surface area contributed by atoms with Crippen molar-refractivity contribution in [3.8, 4) is 0 Å². The fourth-order valence-electron chi connectivity index (χ4n) is 5.53. The SMILES string of the molecule is CCCCCCCCCCCCC/C=C/[C@@H](O)[C@H](CO)NCC(Br)CCCCCCCCCCCCCCCC. The highest BCUT2D eigenvalue weighted by Gasteiger charge is 2.16. The van der Waals surface area contributed by atoms with Gasteiger partial charge < -0.3 is 15.5 Å². The molecule has 3 nitrogen and oxygen atoms in total. The van der Waals surface area contributed by atoms with Gasteiger partial charge in [-0.2, -0.15) is 0 Å². The molecular weight excluding hydrogens is 558 g/mol. The van der Waals surface area contributed by atoms with Crippen LogP contribution in [0.15, 0.2) is 12.2 Å². The van der Waals surface area contributed by atoms with Crippen LogP contribution in [0.4, 0.5) is 0 Å². The van der Waals surface area contributed by atoms with Crippen LogP contribution in [0, 0.1) is 0 Å². The minimum Gasteiger partial charge on any atom is -0.395 e. The lowest BCUT2D eigenvalue weighted by molar-refractivity contribution is 0.123. The van der Waals surface area contributed by atoms with Crippen LogP contribution in [-0.4, -0.2) is 40.3 Å². The van der Waals surface area contributed by atoms with E-state index >= 15 is 0 Å². The highest BCUT2D eigenvalue weighted by Crippen LogP contribution is 2.16. The zero-order valence-corrected chi connectivity index (χ0v) is 28.8. The summed E-state index contributed by atoms with van der Waals surface area (Å²) in [4.78, 5) is 0.395. The number of aliphatic hydroxyl groups is 2. The zero-order chi connectivity index (χ0) is 29.4. The van der Waals surface area contributed by atoms with Gasteiger partial charge in [0, 0.05) is 11.4 Å². The van der Waals surface area contributed by atoms with E-state index in [1.54, 1.807) is 0 Å². The second-order valence-corrected chi connectivity index (χ2v) is 13.7. The highest BCUT2D eigenvalue weighted by molar-refractivity contribution is 9.09. The molecule has 3 atom stereocenters. The fraction of sp³-hybridized carbons (Fsp3) is 0.944. The van der Waals surface area contributed by atoms with Gasteiger partial charge in [0.15, 0.2) is 0 Å². The van der Waals surface area contributed by atoms with Crippen molar-refractivity contribution in [2.24, 2.45) is 0 Å². The normalized spacial score (nSPS) is 14.2. The first-order valence-electron chi connectivity index (χ1n) is 18.0. The van der Waals surface area contributed by atoms with Crippen LogP contribution < -0.4 is 5.32 Å². The molecule has 4 heteroatoms. The summed E-state index contributed by atoms with van der Waals surface area (Å²) in [7, 11) is 0. The Kier molecular flexibility index (Phi) is 33.7. The summed E-state index contributed by atoms with van der Waals surface area (Å²) in [5, 5.41) is 23.6. The molecule has 0 saturated carbocycles. The van der Waals surface area contributed by atoms with E-state index in [-0.39, 0.29) is 12.6 Å². The molecule has 0 aromatic carbocycles. The van der Waals surface area contributed by atoms with E-state index < -0.39 is 6.10 Å². The predicted molar refractivity (Wildman–Crippen MR) is 183 cm³/mol. The van der Waals surface area contributed by atoms with Crippen LogP contribution in [0.1, 0.15) is 187 Å². The van der Waals surface area contributed by atoms with Crippen molar-refractivity contribution in [1.29, 1.82) is 0 Å². The summed E-state index contributed by atoms with van der Waals surface area (Å²) in [5.74, 6) is 0. The molecule has 0 heterocycles. The summed E-state index contributed by atoms with van der Waals surface area (Å²) in [5.41, 5.74) is 0. The fourth-order valence-corrected chi connectivity index (χ4v) is 6.04. The number of hydrogen-bond acceptors (Lipinski definition) is 3. The van der Waals surface area contributed by atoms with Gasteiger partial charge in [-0.25, -0.2) is 0 Å². The lowest BCUT2D eigenvalue weighted by atomic mass is 10.0. The Balaban J connectivity index is 3.59. The number of alkyl halides is 1. The third-order valence-electron chi connectivity index (χ3n) is 8.39. The van der Waals surface area contributed by atoms with Crippen molar-refractivity contribution in [2.45, 2.75) is 204 Å². The number of allylic oxidation sites excluding steroid dienone is 1. The first-order chi connectivity index (χ1) is 19.7. The van der Waals surface area contributed by atoms with Crippen LogP contribution in [0.2, 0.25) is 0 Å².